The predicted molar refractivity (Wildman–Crippen MR) is 395 cm³/mol. The van der Waals surface area contributed by atoms with Crippen LogP contribution in [0.3, 0.4) is 0 Å². The standard InChI is InChI=1S/C12H17FN2O6.C12H18N2O7.C12H14N2O7.C11H15FN2O6.C11H16N2O7.C10H14FN3O5/c1-6(2)20-12(5-16)9(18)8(13)10(21-12)15-4-3-7(17)14-11(15)19;1-6(2)20-12(5-15)9(18)8(17)10(21-12)14-4-3-7(16)13-11(14)19;1-2-5-20-12(6-15)9(18)8(17)10(21-12)14-4-3-7(16)13-11(14)19;1-2-19-11(5-15)8(17)7(12)9(20-11)14-4-3-6(16)13-10(14)18;1-2-19-11(5-14)8(17)7(16)9(20-11)13-4-3-6(15)12-10(13)18;1-18-10(4-15)7(11)6(16)8(19-10)14-3-2-5(12)13-9(14)17/h3-4,6,8-10,16,18H,5H2,1-2H3,(H,14,17,19);3-4,6,8-10,15,17-18H,5H2,1-2H3,(H,13,16,19);1,3-4,8-10,15,17-18H,5-6H2,(H,13,16,19);3-4,7-9,15,17H,2,5H2,1H3,(H,13,16,18);3-4,7-9,14,16-17H,2,5H2,1H3,(H,12,15,18);2-3,6-8,15-16H,4H2,1H3,(H2,12,13,17)/t3*8-,9+,10-,12-;2*7-,8+,9-,11-;6-,7+,8-,10-/m111111/s1. The fourth-order valence-corrected chi connectivity index (χ4v) is 12.8. The highest BCUT2D eigenvalue weighted by atomic mass is 19.1. The third-order valence-corrected chi connectivity index (χ3v) is 18.6. The van der Waals surface area contributed by atoms with Crippen LogP contribution in [0.1, 0.15) is 78.9 Å². The van der Waals surface area contributed by atoms with E-state index in [-0.39, 0.29) is 25.6 Å². The highest BCUT2D eigenvalue weighted by Crippen LogP contribution is 2.44. The van der Waals surface area contributed by atoms with Crippen LogP contribution >= 0.6 is 0 Å². The van der Waals surface area contributed by atoms with E-state index in [1.807, 2.05) is 24.9 Å². The van der Waals surface area contributed by atoms with Crippen molar-refractivity contribution in [1.82, 2.24) is 57.3 Å². The van der Waals surface area contributed by atoms with E-state index in [9.17, 15) is 137 Å². The second kappa shape index (κ2) is 41.7. The van der Waals surface area contributed by atoms with Crippen LogP contribution in [-0.4, -0.2) is 321 Å². The van der Waals surface area contributed by atoms with Crippen LogP contribution in [0.5, 0.6) is 0 Å². The molecular formula is C68H94F3N13O38. The first kappa shape index (κ1) is 99.5. The first-order chi connectivity index (χ1) is 57.4. The molecular weight excluding hydrogens is 1660 g/mol. The molecule has 0 saturated carbocycles. The average molecular weight is 1760 g/mol. The van der Waals surface area contributed by atoms with E-state index in [0.717, 1.165) is 95.8 Å². The summed E-state index contributed by atoms with van der Waals surface area (Å²) >= 11 is 0. The Morgan fingerprint density at radius 3 is 0.975 bits per heavy atom. The number of nitrogens with two attached hydrogens (primary N) is 1. The largest absolute Gasteiger partial charge is 0.391 e. The molecule has 0 aliphatic carbocycles. The van der Waals surface area contributed by atoms with Crippen LogP contribution in [0.25, 0.3) is 0 Å². The summed E-state index contributed by atoms with van der Waals surface area (Å²) in [6, 6.07) is 6.53. The van der Waals surface area contributed by atoms with Crippen molar-refractivity contribution in [3.63, 3.8) is 0 Å². The molecule has 22 N–H and O–H groups in total. The van der Waals surface area contributed by atoms with Crippen molar-refractivity contribution < 1.29 is 147 Å². The number of halogens is 3. The Labute approximate surface area is 680 Å². The lowest BCUT2D eigenvalue weighted by Gasteiger charge is -2.31. The number of hydrogen-bond donors (Lipinski definition) is 21. The molecule has 0 unspecified atom stereocenters. The third-order valence-electron chi connectivity index (χ3n) is 18.6. The number of ether oxygens (including phenoxy) is 12. The van der Waals surface area contributed by atoms with Crippen molar-refractivity contribution in [2.75, 3.05) is 72.3 Å². The molecule has 24 atom stereocenters. The maximum absolute atomic E-state index is 14.3. The van der Waals surface area contributed by atoms with Crippen molar-refractivity contribution in [2.45, 2.75) is 199 Å². The molecule has 6 aromatic heterocycles. The molecule has 0 bridgehead atoms. The fraction of sp³-hybridized carbons (Fsp3) is 0.618. The van der Waals surface area contributed by atoms with Gasteiger partial charge in [0.2, 0.25) is 34.7 Å². The molecule has 51 nitrogen and oxygen atoms in total. The highest BCUT2D eigenvalue weighted by Gasteiger charge is 2.62. The zero-order valence-electron chi connectivity index (χ0n) is 65.4. The smallest absolute Gasteiger partial charge is 0.351 e. The number of aliphatic hydroxyl groups is 15. The van der Waals surface area contributed by atoms with Crippen molar-refractivity contribution in [2.24, 2.45) is 0 Å². The van der Waals surface area contributed by atoms with Crippen molar-refractivity contribution >= 4 is 5.82 Å². The first-order valence-corrected chi connectivity index (χ1v) is 36.4. The summed E-state index contributed by atoms with van der Waals surface area (Å²) in [5.41, 5.74) is -2.82. The summed E-state index contributed by atoms with van der Waals surface area (Å²) in [5.74, 6) is -9.38. The molecule has 6 aliphatic heterocycles. The van der Waals surface area contributed by atoms with Gasteiger partial charge in [0.1, 0.15) is 107 Å². The Hall–Kier alpha value is -9.65. The molecule has 6 aromatic rings. The Bertz CT molecular complexity index is 4990. The Kier molecular flexibility index (Phi) is 34.0. The Morgan fingerprint density at radius 2 is 0.680 bits per heavy atom. The number of nitrogens with one attached hydrogen (secondary N) is 5. The van der Waals surface area contributed by atoms with Gasteiger partial charge >= 0.3 is 34.1 Å². The number of methoxy groups -OCH3 is 1. The number of nitrogen functional groups attached to an aromatic ring is 1. The SMILES string of the molecule is C#CCO[C@]1(CO)O[C@@H](n2ccc(=O)[nH]c2=O)[C@H](O)[C@@H]1O.CC(C)O[C@]1(CO)O[C@@H](n2ccc(=O)[nH]c2=O)[C@H](F)[C@@H]1O.CC(C)O[C@]1(CO)O[C@@H](n2ccc(=O)[nH]c2=O)[C@H](O)[C@@H]1O.CCO[C@]1(CO)O[C@@H](n2ccc(=O)[nH]c2=O)[C@H](F)[C@@H]1O.CCO[C@]1(CO)O[C@@H](n2ccc(=O)[nH]c2=O)[C@H](O)[C@@H]1O.CO[C@]1(CO)O[C@@H](n2ccc(N)nc2=O)[C@H](O)[C@@H]1F. The van der Waals surface area contributed by atoms with Gasteiger partial charge < -0.3 is 139 Å². The summed E-state index contributed by atoms with van der Waals surface area (Å²) in [7, 11) is 1.13. The van der Waals surface area contributed by atoms with Crippen molar-refractivity contribution in [3.8, 4) is 12.3 Å². The summed E-state index contributed by atoms with van der Waals surface area (Å²) in [5, 5.41) is 146. The molecule has 0 spiro atoms. The van der Waals surface area contributed by atoms with Crippen molar-refractivity contribution in [1.29, 1.82) is 0 Å². The quantitative estimate of drug-likeness (QED) is 0.0265. The number of nitrogens with zero attached hydrogens (tertiary/aromatic N) is 7. The zero-order valence-corrected chi connectivity index (χ0v) is 65.4. The molecule has 6 aliphatic rings. The van der Waals surface area contributed by atoms with Crippen LogP contribution in [0.4, 0.5) is 19.0 Å². The lowest BCUT2D eigenvalue weighted by Crippen LogP contribution is -2.50. The van der Waals surface area contributed by atoms with Gasteiger partial charge in [-0.15, -0.1) is 6.42 Å². The third kappa shape index (κ3) is 21.1. The van der Waals surface area contributed by atoms with E-state index in [1.165, 1.54) is 12.3 Å². The van der Waals surface area contributed by atoms with Crippen LogP contribution in [0.2, 0.25) is 0 Å². The lowest BCUT2D eigenvalue weighted by molar-refractivity contribution is -0.295. The number of H-pyrrole nitrogens is 5. The number of hydrogen-bond acceptors (Lipinski definition) is 40. The molecule has 6 saturated heterocycles. The molecule has 12 rings (SSSR count). The monoisotopic (exact) mass is 1760 g/mol. The van der Waals surface area contributed by atoms with Gasteiger partial charge in [-0.25, -0.2) is 41.9 Å². The van der Waals surface area contributed by atoms with E-state index in [2.05, 4.69) is 10.9 Å². The maximum Gasteiger partial charge on any atom is 0.351 e. The molecule has 54 heteroatoms. The molecule has 6 fully saturated rings. The van der Waals surface area contributed by atoms with E-state index in [0.29, 0.717) is 0 Å². The van der Waals surface area contributed by atoms with E-state index in [4.69, 9.17) is 74.1 Å². The predicted octanol–water partition coefficient (Wildman–Crippen LogP) is -11.7. The number of anilines is 1. The lowest BCUT2D eigenvalue weighted by atomic mass is 10.1. The van der Waals surface area contributed by atoms with Gasteiger partial charge in [0.15, 0.2) is 55.9 Å². The normalized spacial score (nSPS) is 33.2. The molecule has 12 heterocycles. The minimum absolute atomic E-state index is 0.00861. The molecule has 0 radical (unpaired) electrons. The van der Waals surface area contributed by atoms with Crippen LogP contribution in [-0.2, 0) is 56.8 Å². The Morgan fingerprint density at radius 1 is 0.418 bits per heavy atom. The van der Waals surface area contributed by atoms with Gasteiger partial charge in [-0.05, 0) is 47.6 Å². The summed E-state index contributed by atoms with van der Waals surface area (Å²) < 4.78 is 110. The number of aromatic amines is 5. The maximum atomic E-state index is 14.3. The van der Waals surface area contributed by atoms with Crippen LogP contribution in [0, 0.1) is 12.3 Å². The second-order valence-electron chi connectivity index (χ2n) is 27.4. The van der Waals surface area contributed by atoms with Gasteiger partial charge in [0.25, 0.3) is 27.8 Å². The number of rotatable bonds is 23. The average Bonchev–Trinajstić information content (AvgIpc) is 1.67. The number of terminal acetylenes is 1. The fourth-order valence-electron chi connectivity index (χ4n) is 12.8. The van der Waals surface area contributed by atoms with E-state index < -0.39 is 259 Å². The number of alkyl halides is 3. The summed E-state index contributed by atoms with van der Waals surface area (Å²) in [6.45, 7) is 5.12. The van der Waals surface area contributed by atoms with Gasteiger partial charge in [-0.2, -0.15) is 4.98 Å². The second-order valence-corrected chi connectivity index (χ2v) is 27.4. The Balaban J connectivity index is 0.000000202. The van der Waals surface area contributed by atoms with E-state index in [1.54, 1.807) is 41.5 Å². The van der Waals surface area contributed by atoms with Gasteiger partial charge in [0.05, 0.1) is 12.2 Å². The zero-order chi connectivity index (χ0) is 91.2. The van der Waals surface area contributed by atoms with Crippen LogP contribution in [0.15, 0.2) is 126 Å². The van der Waals surface area contributed by atoms with Crippen molar-refractivity contribution in [3.05, 3.63) is 188 Å². The summed E-state index contributed by atoms with van der Waals surface area (Å²) in [6.07, 6.45) is -18.1. The molecule has 0 aromatic carbocycles. The number of aromatic nitrogens is 12. The summed E-state index contributed by atoms with van der Waals surface area (Å²) in [4.78, 5) is 138. The molecule has 680 valence electrons. The minimum Gasteiger partial charge on any atom is -0.391 e. The van der Waals surface area contributed by atoms with Gasteiger partial charge in [0, 0.05) is 87.8 Å². The highest BCUT2D eigenvalue weighted by molar-refractivity contribution is 5.24. The van der Waals surface area contributed by atoms with E-state index >= 15 is 0 Å². The van der Waals surface area contributed by atoms with Gasteiger partial charge in [-0.3, -0.25) is 76.3 Å². The minimum atomic E-state index is -2.02. The molecule has 122 heavy (non-hydrogen) atoms. The van der Waals surface area contributed by atoms with Crippen LogP contribution < -0.4 is 67.7 Å². The van der Waals surface area contributed by atoms with Gasteiger partial charge in [-0.1, -0.05) is 5.92 Å². The molecule has 0 amide bonds. The first-order valence-electron chi connectivity index (χ1n) is 36.4. The topological polar surface area (TPSA) is 749 Å². The number of aliphatic hydroxyl groups excluding tert-OH is 15.